The van der Waals surface area contributed by atoms with E-state index in [1.54, 1.807) is 11.7 Å². The zero-order valence-corrected chi connectivity index (χ0v) is 12.4. The van der Waals surface area contributed by atoms with Crippen LogP contribution in [0.5, 0.6) is 6.01 Å². The lowest BCUT2D eigenvalue weighted by Gasteiger charge is -2.23. The van der Waals surface area contributed by atoms with Gasteiger partial charge >= 0.3 is 11.8 Å². The van der Waals surface area contributed by atoms with Gasteiger partial charge in [0.2, 0.25) is 5.91 Å². The molecule has 1 aromatic rings. The van der Waals surface area contributed by atoms with Crippen LogP contribution < -0.4 is 10.1 Å². The molecule has 0 saturated carbocycles. The number of hydrogen-bond donors (Lipinski definition) is 1. The van der Waals surface area contributed by atoms with Crippen molar-refractivity contribution in [1.82, 2.24) is 19.8 Å². The summed E-state index contributed by atoms with van der Waals surface area (Å²) >= 11 is 0. The zero-order chi connectivity index (χ0) is 15.9. The van der Waals surface area contributed by atoms with Gasteiger partial charge in [-0.2, -0.15) is 0 Å². The number of hydrogen-bond acceptors (Lipinski definition) is 7. The fraction of sp³-hybridized carbons (Fsp3) is 0.667. The van der Waals surface area contributed by atoms with Crippen LogP contribution in [0.4, 0.5) is 5.82 Å². The van der Waals surface area contributed by atoms with Crippen LogP contribution in [0.3, 0.4) is 0 Å². The lowest BCUT2D eigenvalue weighted by atomic mass is 10.4. The summed E-state index contributed by atoms with van der Waals surface area (Å²) in [6, 6.07) is 0.246. The summed E-state index contributed by atoms with van der Waals surface area (Å²) in [4.78, 5) is 27.7. The minimum Gasteiger partial charge on any atom is -0.444 e. The number of nitrogens with one attached hydrogen (secondary N) is 1. The summed E-state index contributed by atoms with van der Waals surface area (Å²) in [5, 5.41) is 13.5. The molecule has 0 unspecified atom stereocenters. The molecule has 22 heavy (non-hydrogen) atoms. The first kappa shape index (κ1) is 16.2. The highest BCUT2D eigenvalue weighted by atomic mass is 16.6. The summed E-state index contributed by atoms with van der Waals surface area (Å²) in [6.45, 7) is 3.12. The number of aromatic nitrogens is 2. The molecule has 0 atom stereocenters. The highest BCUT2D eigenvalue weighted by molar-refractivity contribution is 5.77. The highest BCUT2D eigenvalue weighted by Gasteiger charge is 2.23. The van der Waals surface area contributed by atoms with Crippen molar-refractivity contribution in [2.24, 2.45) is 0 Å². The number of nitro groups is 1. The number of nitrogens with zero attached hydrogens (tertiary/aromatic N) is 4. The van der Waals surface area contributed by atoms with Crippen molar-refractivity contribution in [3.63, 3.8) is 0 Å². The van der Waals surface area contributed by atoms with Crippen LogP contribution in [0.25, 0.3) is 0 Å². The van der Waals surface area contributed by atoms with Crippen molar-refractivity contribution < 1.29 is 19.2 Å². The summed E-state index contributed by atoms with van der Waals surface area (Å²) in [5.41, 5.74) is 0. The molecule has 1 aliphatic heterocycles. The van der Waals surface area contributed by atoms with Crippen molar-refractivity contribution >= 4 is 11.7 Å². The van der Waals surface area contributed by atoms with Gasteiger partial charge in [0.15, 0.2) is 0 Å². The second-order valence-electron chi connectivity index (χ2n) is 4.80. The second kappa shape index (κ2) is 7.71. The van der Waals surface area contributed by atoms with Gasteiger partial charge in [-0.15, -0.1) is 0 Å². The molecule has 0 aliphatic carbocycles. The van der Waals surface area contributed by atoms with Crippen LogP contribution in [-0.4, -0.2) is 71.8 Å². The molecule has 0 fully saturated rings. The Morgan fingerprint density at radius 1 is 1.55 bits per heavy atom. The van der Waals surface area contributed by atoms with Crippen LogP contribution in [0.1, 0.15) is 0 Å². The number of fused-ring (bicyclic) bond motifs is 1. The molecule has 2 rings (SSSR count). The van der Waals surface area contributed by atoms with Gasteiger partial charge in [-0.25, -0.2) is 0 Å². The van der Waals surface area contributed by atoms with Gasteiger partial charge in [0.25, 0.3) is 0 Å². The smallest absolute Gasteiger partial charge is 0.414 e. The molecule has 0 bridgehead atoms. The molecular formula is C12H19N5O5. The number of ether oxygens (including phenoxy) is 2. The Kier molecular flexibility index (Phi) is 5.67. The quantitative estimate of drug-likeness (QED) is 0.418. The predicted molar refractivity (Wildman–Crippen MR) is 75.7 cm³/mol. The second-order valence-corrected chi connectivity index (χ2v) is 4.80. The van der Waals surface area contributed by atoms with Crippen molar-refractivity contribution in [2.45, 2.75) is 6.54 Å². The van der Waals surface area contributed by atoms with Gasteiger partial charge in [0.1, 0.15) is 12.8 Å². The van der Waals surface area contributed by atoms with Crippen molar-refractivity contribution in [1.29, 1.82) is 0 Å². The summed E-state index contributed by atoms with van der Waals surface area (Å²) in [6.07, 6.45) is 1.34. The number of imidazole rings is 1. The topological polar surface area (TPSA) is 112 Å². The summed E-state index contributed by atoms with van der Waals surface area (Å²) < 4.78 is 11.9. The van der Waals surface area contributed by atoms with E-state index in [9.17, 15) is 14.9 Å². The fourth-order valence-corrected chi connectivity index (χ4v) is 2.09. The van der Waals surface area contributed by atoms with Crippen LogP contribution >= 0.6 is 0 Å². The van der Waals surface area contributed by atoms with Gasteiger partial charge in [-0.1, -0.05) is 0 Å². The van der Waals surface area contributed by atoms with Crippen LogP contribution in [0, 0.1) is 10.1 Å². The van der Waals surface area contributed by atoms with Gasteiger partial charge in [-0.3, -0.25) is 14.3 Å². The number of rotatable bonds is 6. The van der Waals surface area contributed by atoms with Gasteiger partial charge in [0.05, 0.1) is 13.2 Å². The zero-order valence-electron chi connectivity index (χ0n) is 12.4. The van der Waals surface area contributed by atoms with E-state index in [4.69, 9.17) is 9.47 Å². The molecule has 1 N–H and O–H groups in total. The standard InChI is InChI=1S/C12H19N5O5/c1-21-6-2-13-11(18)9-15-3-4-16-8-10(17(19)20)14-12(16)22-7-5-15/h8H,2-7,9H2,1H3,(H,13,18). The van der Waals surface area contributed by atoms with Gasteiger partial charge < -0.3 is 24.9 Å². The summed E-state index contributed by atoms with van der Waals surface area (Å²) in [5.74, 6) is -0.324. The van der Waals surface area contributed by atoms with E-state index < -0.39 is 4.92 Å². The van der Waals surface area contributed by atoms with Crippen molar-refractivity contribution in [3.05, 3.63) is 16.3 Å². The Balaban J connectivity index is 1.88. The third-order valence-corrected chi connectivity index (χ3v) is 3.21. The highest BCUT2D eigenvalue weighted by Crippen LogP contribution is 2.18. The third kappa shape index (κ3) is 4.40. The largest absolute Gasteiger partial charge is 0.444 e. The molecule has 10 nitrogen and oxygen atoms in total. The predicted octanol–water partition coefficient (Wildman–Crippen LogP) is -0.752. The van der Waals surface area contributed by atoms with Crippen LogP contribution in [0.2, 0.25) is 0 Å². The molecule has 2 heterocycles. The molecule has 0 radical (unpaired) electrons. The molecule has 0 spiro atoms. The molecule has 1 aliphatic rings. The van der Waals surface area contributed by atoms with E-state index in [1.165, 1.54) is 6.20 Å². The Morgan fingerprint density at radius 2 is 2.36 bits per heavy atom. The maximum Gasteiger partial charge on any atom is 0.414 e. The molecular weight excluding hydrogens is 294 g/mol. The number of carbonyl (C=O) groups is 1. The van der Waals surface area contributed by atoms with E-state index >= 15 is 0 Å². The number of methoxy groups -OCH3 is 1. The van der Waals surface area contributed by atoms with E-state index in [0.717, 1.165) is 0 Å². The van der Waals surface area contributed by atoms with Crippen molar-refractivity contribution in [2.75, 3.05) is 46.5 Å². The minimum atomic E-state index is -0.553. The molecule has 1 amide bonds. The van der Waals surface area contributed by atoms with E-state index in [0.29, 0.717) is 39.4 Å². The lowest BCUT2D eigenvalue weighted by molar-refractivity contribution is -0.389. The Morgan fingerprint density at radius 3 is 3.09 bits per heavy atom. The first-order valence-electron chi connectivity index (χ1n) is 6.92. The SMILES string of the molecule is COCCNC(=O)CN1CCOc2nc([N+](=O)[O-])cn2CC1. The number of amides is 1. The number of carbonyl (C=O) groups excluding carboxylic acids is 1. The third-order valence-electron chi connectivity index (χ3n) is 3.21. The van der Waals surface area contributed by atoms with E-state index in [-0.39, 0.29) is 24.3 Å². The average molecular weight is 313 g/mol. The fourth-order valence-electron chi connectivity index (χ4n) is 2.09. The lowest BCUT2D eigenvalue weighted by Crippen LogP contribution is -2.42. The first-order chi connectivity index (χ1) is 10.6. The molecule has 0 saturated heterocycles. The maximum atomic E-state index is 11.8. The van der Waals surface area contributed by atoms with Crippen LogP contribution in [-0.2, 0) is 16.1 Å². The molecule has 1 aromatic heterocycles. The van der Waals surface area contributed by atoms with Crippen LogP contribution in [0.15, 0.2) is 6.20 Å². The molecule has 0 aromatic carbocycles. The van der Waals surface area contributed by atoms with Gasteiger partial charge in [-0.05, 0) is 4.92 Å². The van der Waals surface area contributed by atoms with E-state index in [1.807, 2.05) is 4.90 Å². The van der Waals surface area contributed by atoms with Gasteiger partial charge in [0, 0.05) is 38.3 Å². The van der Waals surface area contributed by atoms with Crippen molar-refractivity contribution in [3.8, 4) is 6.01 Å². The monoisotopic (exact) mass is 313 g/mol. The summed E-state index contributed by atoms with van der Waals surface area (Å²) in [7, 11) is 1.57. The Labute approximate surface area is 127 Å². The maximum absolute atomic E-state index is 11.8. The minimum absolute atomic E-state index is 0.0885. The average Bonchev–Trinajstić information content (AvgIpc) is 2.85. The molecule has 10 heteroatoms. The normalized spacial score (nSPS) is 15.3. The molecule has 122 valence electrons. The van der Waals surface area contributed by atoms with E-state index in [2.05, 4.69) is 10.3 Å². The Hall–Kier alpha value is -2.20. The first-order valence-corrected chi connectivity index (χ1v) is 6.92. The Bertz CT molecular complexity index is 532.